The number of benzene rings is 2. The van der Waals surface area contributed by atoms with E-state index in [1.54, 1.807) is 7.11 Å². The van der Waals surface area contributed by atoms with Crippen LogP contribution in [-0.4, -0.2) is 31.6 Å². The minimum absolute atomic E-state index is 0.422. The van der Waals surface area contributed by atoms with Crippen LogP contribution in [0.2, 0.25) is 0 Å². The molecule has 3 rings (SSSR count). The monoisotopic (exact) mass is 282 g/mol. The van der Waals surface area contributed by atoms with E-state index < -0.39 is 0 Å². The van der Waals surface area contributed by atoms with E-state index in [4.69, 9.17) is 4.74 Å². The van der Waals surface area contributed by atoms with Crippen molar-refractivity contribution in [1.82, 2.24) is 10.2 Å². The quantitative estimate of drug-likeness (QED) is 0.933. The van der Waals surface area contributed by atoms with Gasteiger partial charge in [0.05, 0.1) is 7.11 Å². The van der Waals surface area contributed by atoms with Crippen LogP contribution in [0.5, 0.6) is 5.75 Å². The van der Waals surface area contributed by atoms with Crippen molar-refractivity contribution in [2.24, 2.45) is 0 Å². The summed E-state index contributed by atoms with van der Waals surface area (Å²) in [6, 6.07) is 19.5. The maximum Gasteiger partial charge on any atom is 0.119 e. The lowest BCUT2D eigenvalue weighted by Crippen LogP contribution is -2.45. The molecule has 0 bridgehead atoms. The summed E-state index contributed by atoms with van der Waals surface area (Å²) in [5.74, 6) is 0.933. The first-order chi connectivity index (χ1) is 10.3. The van der Waals surface area contributed by atoms with Crippen LogP contribution in [0.1, 0.15) is 17.2 Å². The molecule has 3 nitrogen and oxygen atoms in total. The molecule has 2 aromatic carbocycles. The molecular formula is C18H22N2O. The van der Waals surface area contributed by atoms with E-state index in [2.05, 4.69) is 58.7 Å². The van der Waals surface area contributed by atoms with Crippen LogP contribution in [0.4, 0.5) is 0 Å². The molecule has 0 spiro atoms. The number of piperazine rings is 1. The van der Waals surface area contributed by atoms with E-state index in [0.29, 0.717) is 6.04 Å². The van der Waals surface area contributed by atoms with Crippen LogP contribution >= 0.6 is 0 Å². The third-order valence-electron chi connectivity index (χ3n) is 4.00. The van der Waals surface area contributed by atoms with E-state index in [-0.39, 0.29) is 0 Å². The standard InChI is InChI=1S/C18H22N2O/c1-21-17-9-5-6-15(12-17)13-20-11-10-19-18(14-20)16-7-3-2-4-8-16/h2-9,12,18-19H,10-11,13-14H2,1H3. The third kappa shape index (κ3) is 3.63. The van der Waals surface area contributed by atoms with Crippen LogP contribution in [0.3, 0.4) is 0 Å². The predicted molar refractivity (Wildman–Crippen MR) is 85.5 cm³/mol. The van der Waals surface area contributed by atoms with Gasteiger partial charge in [0.15, 0.2) is 0 Å². The zero-order chi connectivity index (χ0) is 14.5. The van der Waals surface area contributed by atoms with Crippen molar-refractivity contribution >= 4 is 0 Å². The Morgan fingerprint density at radius 1 is 1.14 bits per heavy atom. The fraction of sp³-hybridized carbons (Fsp3) is 0.333. The summed E-state index contributed by atoms with van der Waals surface area (Å²) in [6.07, 6.45) is 0. The topological polar surface area (TPSA) is 24.5 Å². The van der Waals surface area contributed by atoms with Crippen LogP contribution in [0.25, 0.3) is 0 Å². The number of nitrogens with one attached hydrogen (secondary N) is 1. The van der Waals surface area contributed by atoms with Crippen LogP contribution in [0.15, 0.2) is 54.6 Å². The van der Waals surface area contributed by atoms with E-state index >= 15 is 0 Å². The van der Waals surface area contributed by atoms with Crippen molar-refractivity contribution in [2.75, 3.05) is 26.7 Å². The summed E-state index contributed by atoms with van der Waals surface area (Å²) >= 11 is 0. The fourth-order valence-corrected chi connectivity index (χ4v) is 2.89. The Bertz CT molecular complexity index is 570. The molecule has 1 unspecified atom stereocenters. The summed E-state index contributed by atoms with van der Waals surface area (Å²) in [7, 11) is 1.72. The molecule has 110 valence electrons. The van der Waals surface area contributed by atoms with E-state index in [9.17, 15) is 0 Å². The fourth-order valence-electron chi connectivity index (χ4n) is 2.89. The van der Waals surface area contributed by atoms with Crippen molar-refractivity contribution in [3.8, 4) is 5.75 Å². The molecular weight excluding hydrogens is 260 g/mol. The second-order valence-corrected chi connectivity index (χ2v) is 5.50. The molecule has 0 amide bonds. The molecule has 1 aliphatic rings. The maximum absolute atomic E-state index is 5.30. The van der Waals surface area contributed by atoms with Gasteiger partial charge >= 0.3 is 0 Å². The molecule has 1 fully saturated rings. The number of methoxy groups -OCH3 is 1. The van der Waals surface area contributed by atoms with E-state index in [1.807, 2.05) is 6.07 Å². The van der Waals surface area contributed by atoms with Crippen LogP contribution < -0.4 is 10.1 Å². The Balaban J connectivity index is 1.66. The summed E-state index contributed by atoms with van der Waals surface area (Å²) in [5, 5.41) is 3.61. The van der Waals surface area contributed by atoms with Gasteiger partial charge in [0.25, 0.3) is 0 Å². The first kappa shape index (κ1) is 14.1. The highest BCUT2D eigenvalue weighted by Crippen LogP contribution is 2.20. The molecule has 3 heteroatoms. The minimum atomic E-state index is 0.422. The smallest absolute Gasteiger partial charge is 0.119 e. The second kappa shape index (κ2) is 6.74. The first-order valence-electron chi connectivity index (χ1n) is 7.49. The maximum atomic E-state index is 5.30. The lowest BCUT2D eigenvalue weighted by atomic mass is 10.0. The molecule has 1 N–H and O–H groups in total. The van der Waals surface area contributed by atoms with Crippen LogP contribution in [-0.2, 0) is 6.54 Å². The minimum Gasteiger partial charge on any atom is -0.497 e. The normalized spacial score (nSPS) is 19.4. The van der Waals surface area contributed by atoms with Crippen molar-refractivity contribution in [1.29, 1.82) is 0 Å². The number of nitrogens with zero attached hydrogens (tertiary/aromatic N) is 1. The molecule has 0 saturated carbocycles. The van der Waals surface area contributed by atoms with Crippen molar-refractivity contribution in [3.05, 3.63) is 65.7 Å². The Morgan fingerprint density at radius 3 is 2.81 bits per heavy atom. The van der Waals surface area contributed by atoms with Crippen molar-refractivity contribution < 1.29 is 4.74 Å². The number of rotatable bonds is 4. The predicted octanol–water partition coefficient (Wildman–Crippen LogP) is 2.84. The molecule has 0 aromatic heterocycles. The van der Waals surface area contributed by atoms with Crippen molar-refractivity contribution in [2.45, 2.75) is 12.6 Å². The zero-order valence-electron chi connectivity index (χ0n) is 12.5. The number of hydrogen-bond acceptors (Lipinski definition) is 3. The van der Waals surface area contributed by atoms with Gasteiger partial charge in [-0.2, -0.15) is 0 Å². The lowest BCUT2D eigenvalue weighted by molar-refractivity contribution is 0.193. The third-order valence-corrected chi connectivity index (χ3v) is 4.00. The Morgan fingerprint density at radius 2 is 2.00 bits per heavy atom. The highest BCUT2D eigenvalue weighted by atomic mass is 16.5. The molecule has 1 aliphatic heterocycles. The highest BCUT2D eigenvalue weighted by Gasteiger charge is 2.20. The molecule has 2 aromatic rings. The molecule has 21 heavy (non-hydrogen) atoms. The highest BCUT2D eigenvalue weighted by molar-refractivity contribution is 5.28. The SMILES string of the molecule is COc1cccc(CN2CCNC(c3ccccc3)C2)c1. The number of hydrogen-bond donors (Lipinski definition) is 1. The Labute approximate surface area is 126 Å². The van der Waals surface area contributed by atoms with Gasteiger partial charge in [-0.05, 0) is 23.3 Å². The van der Waals surface area contributed by atoms with Crippen molar-refractivity contribution in [3.63, 3.8) is 0 Å². The Hall–Kier alpha value is -1.84. The lowest BCUT2D eigenvalue weighted by Gasteiger charge is -2.34. The largest absolute Gasteiger partial charge is 0.497 e. The molecule has 1 saturated heterocycles. The zero-order valence-corrected chi connectivity index (χ0v) is 12.5. The molecule has 0 radical (unpaired) electrons. The second-order valence-electron chi connectivity index (χ2n) is 5.50. The van der Waals surface area contributed by atoms with Gasteiger partial charge < -0.3 is 10.1 Å². The molecule has 1 heterocycles. The summed E-state index contributed by atoms with van der Waals surface area (Å²) < 4.78 is 5.30. The average Bonchev–Trinajstić information content (AvgIpc) is 2.56. The average molecular weight is 282 g/mol. The van der Waals surface area contributed by atoms with Gasteiger partial charge in [0.1, 0.15) is 5.75 Å². The molecule has 0 aliphatic carbocycles. The van der Waals surface area contributed by atoms with Crippen LogP contribution in [0, 0.1) is 0 Å². The summed E-state index contributed by atoms with van der Waals surface area (Å²) in [5.41, 5.74) is 2.68. The van der Waals surface area contributed by atoms with Gasteiger partial charge in [0, 0.05) is 32.2 Å². The van der Waals surface area contributed by atoms with Gasteiger partial charge in [0.2, 0.25) is 0 Å². The van der Waals surface area contributed by atoms with Gasteiger partial charge in [-0.1, -0.05) is 42.5 Å². The van der Waals surface area contributed by atoms with Gasteiger partial charge in [-0.15, -0.1) is 0 Å². The first-order valence-corrected chi connectivity index (χ1v) is 7.49. The van der Waals surface area contributed by atoms with E-state index in [1.165, 1.54) is 11.1 Å². The summed E-state index contributed by atoms with van der Waals surface area (Å²) in [4.78, 5) is 2.50. The van der Waals surface area contributed by atoms with Gasteiger partial charge in [-0.25, -0.2) is 0 Å². The molecule has 1 atom stereocenters. The Kier molecular flexibility index (Phi) is 4.53. The number of ether oxygens (including phenoxy) is 1. The van der Waals surface area contributed by atoms with E-state index in [0.717, 1.165) is 31.9 Å². The van der Waals surface area contributed by atoms with Gasteiger partial charge in [-0.3, -0.25) is 4.90 Å². The summed E-state index contributed by atoms with van der Waals surface area (Å²) in [6.45, 7) is 4.13.